The normalized spacial score (nSPS) is 52.5. The topological polar surface area (TPSA) is 115 Å². The smallest absolute Gasteiger partial charge is 0.293 e. The second-order valence-corrected chi connectivity index (χ2v) is 19.4. The van der Waals surface area contributed by atoms with Crippen LogP contribution in [0.2, 0.25) is 0 Å². The van der Waals surface area contributed by atoms with E-state index in [0.717, 1.165) is 57.8 Å². The van der Waals surface area contributed by atoms with Crippen LogP contribution in [0.25, 0.3) is 0 Å². The molecule has 8 unspecified atom stereocenters. The van der Waals surface area contributed by atoms with Crippen molar-refractivity contribution in [3.8, 4) is 0 Å². The second-order valence-electron chi connectivity index (χ2n) is 16.3. The van der Waals surface area contributed by atoms with E-state index < -0.39 is 10.0 Å². The fourth-order valence-corrected chi connectivity index (χ4v) is 13.0. The predicted octanol–water partition coefficient (Wildman–Crippen LogP) is 0.534. The minimum Gasteiger partial charge on any atom is -0.449 e. The van der Waals surface area contributed by atoms with Crippen LogP contribution in [0.5, 0.6) is 0 Å². The molecule has 0 aromatic rings. The summed E-state index contributed by atoms with van der Waals surface area (Å²) in [6, 6.07) is 0. The molecule has 4 saturated carbocycles. The quantitative estimate of drug-likeness (QED) is 0.200. The first kappa shape index (κ1) is 32.3. The molecular formula is C33H64N8O2Si2. The third kappa shape index (κ3) is 6.43. The van der Waals surface area contributed by atoms with Crippen LogP contribution in [-0.2, 0) is 8.54 Å². The molecule has 4 aliphatic carbocycles. The van der Waals surface area contributed by atoms with Crippen LogP contribution in [0.4, 0.5) is 0 Å². The van der Waals surface area contributed by atoms with Crippen LogP contribution < -0.4 is 42.5 Å². The number of nitrogens with one attached hydrogen (secondary N) is 8. The van der Waals surface area contributed by atoms with Crippen molar-refractivity contribution < 1.29 is 8.54 Å². The van der Waals surface area contributed by atoms with Crippen LogP contribution in [0.3, 0.4) is 0 Å². The van der Waals surface area contributed by atoms with Gasteiger partial charge in [0.2, 0.25) is 0 Å². The van der Waals surface area contributed by atoms with Gasteiger partial charge in [0.15, 0.2) is 0 Å². The highest BCUT2D eigenvalue weighted by atomic mass is 28.3. The average molecular weight is 661 g/mol. The Bertz CT molecular complexity index is 777. The van der Waals surface area contributed by atoms with Crippen molar-refractivity contribution in [3.63, 3.8) is 0 Å². The van der Waals surface area contributed by atoms with Gasteiger partial charge < -0.3 is 8.54 Å². The Morgan fingerprint density at radius 3 is 0.667 bits per heavy atom. The maximum Gasteiger partial charge on any atom is 0.293 e. The highest BCUT2D eigenvalue weighted by Gasteiger charge is 2.54. The number of hydrogen-bond donors (Lipinski definition) is 8. The van der Waals surface area contributed by atoms with E-state index in [4.69, 9.17) is 4.12 Å². The van der Waals surface area contributed by atoms with E-state index in [1.165, 1.54) is 103 Å². The number of rotatable bonds is 2. The second kappa shape index (κ2) is 14.5. The summed E-state index contributed by atoms with van der Waals surface area (Å²) in [4.78, 5) is 0. The molecule has 9 fully saturated rings. The van der Waals surface area contributed by atoms with Gasteiger partial charge >= 0.3 is 0 Å². The molecule has 0 aromatic heterocycles. The molecule has 45 heavy (non-hydrogen) atoms. The largest absolute Gasteiger partial charge is 0.449 e. The lowest BCUT2D eigenvalue weighted by Gasteiger charge is -2.35. The van der Waals surface area contributed by atoms with E-state index >= 15 is 0 Å². The van der Waals surface area contributed by atoms with E-state index in [-0.39, 0.29) is 0 Å². The summed E-state index contributed by atoms with van der Waals surface area (Å²) in [6.45, 7) is 0. The fraction of sp³-hybridized carbons (Fsp3) is 1.00. The zero-order chi connectivity index (χ0) is 30.3. The lowest BCUT2D eigenvalue weighted by atomic mass is 9.76. The highest BCUT2D eigenvalue weighted by molar-refractivity contribution is 6.27. The summed E-state index contributed by atoms with van der Waals surface area (Å²) in [5, 5.41) is 33.8. The van der Waals surface area contributed by atoms with Gasteiger partial charge in [0.05, 0.1) is 49.3 Å². The summed E-state index contributed by atoms with van der Waals surface area (Å²) < 4.78 is 9.39. The van der Waals surface area contributed by atoms with Crippen molar-refractivity contribution in [2.45, 2.75) is 152 Å². The minimum absolute atomic E-state index is 0.420. The Hall–Kier alpha value is 0.0338. The number of hydrogen-bond acceptors (Lipinski definition) is 10. The van der Waals surface area contributed by atoms with Crippen molar-refractivity contribution >= 4 is 20.5 Å². The third-order valence-corrected chi connectivity index (χ3v) is 15.2. The Labute approximate surface area is 277 Å². The van der Waals surface area contributed by atoms with Crippen molar-refractivity contribution in [1.82, 2.24) is 42.5 Å². The van der Waals surface area contributed by atoms with Gasteiger partial charge in [0.1, 0.15) is 10.5 Å². The zero-order valence-electron chi connectivity index (χ0n) is 28.1. The first-order valence-corrected chi connectivity index (χ1v) is 21.2. The van der Waals surface area contributed by atoms with Crippen molar-refractivity contribution in [2.75, 3.05) is 7.11 Å². The highest BCUT2D eigenvalue weighted by Crippen LogP contribution is 2.45. The van der Waals surface area contributed by atoms with Gasteiger partial charge in [0, 0.05) is 7.11 Å². The van der Waals surface area contributed by atoms with Crippen molar-refractivity contribution in [1.29, 1.82) is 0 Å². The average Bonchev–Trinajstić information content (AvgIpc) is 3.81. The lowest BCUT2D eigenvalue weighted by Crippen LogP contribution is -2.61. The van der Waals surface area contributed by atoms with Gasteiger partial charge in [-0.15, -0.1) is 0 Å². The van der Waals surface area contributed by atoms with Crippen molar-refractivity contribution in [2.24, 2.45) is 47.3 Å². The Morgan fingerprint density at radius 2 is 0.556 bits per heavy atom. The molecule has 0 radical (unpaired) electrons. The molecule has 10 nitrogen and oxygen atoms in total. The first-order chi connectivity index (χ1) is 22.2. The standard InChI is InChI=1S/C32H56N8.CH8O2Si2/c1-2-10-18-17(9-1)25-33-26(18)38-28-21-13-5-6-14-22(21)30(35-28)40-32-24-16-8-7-15-23(24)31(36-32)39-29-20-12-4-3-11-19(20)27(34-29)37-25;1-2-5-3-4/h17-40H,1-16H2;5H2,1,4H3. The minimum atomic E-state index is -0.506. The zero-order valence-corrected chi connectivity index (χ0v) is 31.5. The fourth-order valence-electron chi connectivity index (χ4n) is 12.1. The summed E-state index contributed by atoms with van der Waals surface area (Å²) in [7, 11) is 2.00. The molecular weight excluding hydrogens is 597 g/mol. The van der Waals surface area contributed by atoms with Gasteiger partial charge in [-0.25, -0.2) is 0 Å². The summed E-state index contributed by atoms with van der Waals surface area (Å²) in [5.74, 6) is 5.97. The maximum atomic E-state index is 4.75. The third-order valence-electron chi connectivity index (χ3n) is 14.0. The molecule has 256 valence electrons. The van der Waals surface area contributed by atoms with Gasteiger partial charge in [-0.3, -0.25) is 42.5 Å². The van der Waals surface area contributed by atoms with Gasteiger partial charge in [-0.1, -0.05) is 51.4 Å². The molecule has 5 saturated heterocycles. The maximum absolute atomic E-state index is 4.75. The van der Waals surface area contributed by atoms with E-state index in [2.05, 4.69) is 47.0 Å². The predicted molar refractivity (Wildman–Crippen MR) is 184 cm³/mol. The summed E-state index contributed by atoms with van der Waals surface area (Å²) in [5.41, 5.74) is 0. The molecule has 12 heteroatoms. The molecule has 8 N–H and O–H groups in total. The van der Waals surface area contributed by atoms with Crippen LogP contribution in [0.15, 0.2) is 0 Å². The van der Waals surface area contributed by atoms with E-state index in [1.807, 2.05) is 0 Å². The van der Waals surface area contributed by atoms with Gasteiger partial charge in [0.25, 0.3) is 10.0 Å². The molecule has 0 spiro atoms. The Kier molecular flexibility index (Phi) is 10.4. The SMILES string of the molecule is C1CCC2C3NC(NC4NC(NC5NC(NC6NC(N3)C3CCCCC63)C3CCCCC53)C3CCCCC43)C2C1.CO[SiH2]O[SiH3]. The summed E-state index contributed by atoms with van der Waals surface area (Å²) in [6.07, 6.45) is 25.6. The van der Waals surface area contributed by atoms with Gasteiger partial charge in [-0.05, 0) is 98.7 Å². The Balaban J connectivity index is 0.000000560. The first-order valence-electron chi connectivity index (χ1n) is 19.3. The van der Waals surface area contributed by atoms with Crippen LogP contribution in [0.1, 0.15) is 103 Å². The molecule has 0 aromatic carbocycles. The van der Waals surface area contributed by atoms with E-state index in [1.54, 1.807) is 7.11 Å². The molecule has 5 aliphatic heterocycles. The molecule has 0 amide bonds. The van der Waals surface area contributed by atoms with Gasteiger partial charge in [-0.2, -0.15) is 0 Å². The van der Waals surface area contributed by atoms with E-state index in [9.17, 15) is 0 Å². The van der Waals surface area contributed by atoms with Crippen LogP contribution in [0, 0.1) is 47.3 Å². The lowest BCUT2D eigenvalue weighted by molar-refractivity contribution is 0.167. The molecule has 8 bridgehead atoms. The molecule has 8 atom stereocenters. The Morgan fingerprint density at radius 1 is 0.378 bits per heavy atom. The van der Waals surface area contributed by atoms with Crippen molar-refractivity contribution in [3.05, 3.63) is 0 Å². The number of fused-ring (bicyclic) bond motifs is 20. The molecule has 9 aliphatic rings. The van der Waals surface area contributed by atoms with Crippen LogP contribution in [-0.4, -0.2) is 76.9 Å². The monoisotopic (exact) mass is 660 g/mol. The molecule has 5 heterocycles. The van der Waals surface area contributed by atoms with E-state index in [0.29, 0.717) is 49.3 Å². The summed E-state index contributed by atoms with van der Waals surface area (Å²) >= 11 is 0. The van der Waals surface area contributed by atoms with Crippen LogP contribution >= 0.6 is 0 Å². The molecule has 9 rings (SSSR count).